The Morgan fingerprint density at radius 2 is 1.83 bits per heavy atom. The van der Waals surface area contributed by atoms with Crippen LogP contribution in [0.25, 0.3) is 0 Å². The third kappa shape index (κ3) is 2.18. The summed E-state index contributed by atoms with van der Waals surface area (Å²) in [7, 11) is 2.20. The molecule has 0 spiro atoms. The van der Waals surface area contributed by atoms with Crippen molar-refractivity contribution in [1.82, 2.24) is 9.80 Å². The Hall–Kier alpha value is -0.900. The SMILES string of the molecule is CN1CCN(C2Cc3ccccc3C2)C(CN)C1. The van der Waals surface area contributed by atoms with Crippen LogP contribution < -0.4 is 5.73 Å². The first kappa shape index (κ1) is 12.2. The molecule has 2 aliphatic rings. The molecule has 1 fully saturated rings. The van der Waals surface area contributed by atoms with E-state index in [1.165, 1.54) is 30.5 Å². The summed E-state index contributed by atoms with van der Waals surface area (Å²) in [5.41, 5.74) is 9.04. The maximum atomic E-state index is 5.96. The summed E-state index contributed by atoms with van der Waals surface area (Å²) in [5, 5.41) is 0. The van der Waals surface area contributed by atoms with Gasteiger partial charge in [0.25, 0.3) is 0 Å². The minimum Gasteiger partial charge on any atom is -0.329 e. The van der Waals surface area contributed by atoms with Gasteiger partial charge in [-0.2, -0.15) is 0 Å². The summed E-state index contributed by atoms with van der Waals surface area (Å²) >= 11 is 0. The number of benzene rings is 1. The Balaban J connectivity index is 1.73. The van der Waals surface area contributed by atoms with Crippen molar-refractivity contribution in [3.63, 3.8) is 0 Å². The Kier molecular flexibility index (Phi) is 3.37. The fourth-order valence-corrected chi connectivity index (χ4v) is 3.49. The molecular weight excluding hydrogens is 222 g/mol. The first-order valence-corrected chi connectivity index (χ1v) is 6.99. The van der Waals surface area contributed by atoms with E-state index in [1.54, 1.807) is 0 Å². The Bertz CT molecular complexity index is 393. The van der Waals surface area contributed by atoms with Gasteiger partial charge in [-0.15, -0.1) is 0 Å². The standard InChI is InChI=1S/C15H23N3/c1-17-6-7-18(15(10-16)11-17)14-8-12-4-2-3-5-13(12)9-14/h2-5,14-15H,6-11,16H2,1H3. The highest BCUT2D eigenvalue weighted by Crippen LogP contribution is 2.27. The second-order valence-corrected chi connectivity index (χ2v) is 5.72. The molecule has 18 heavy (non-hydrogen) atoms. The molecule has 1 aliphatic heterocycles. The van der Waals surface area contributed by atoms with E-state index in [1.807, 2.05) is 0 Å². The number of rotatable bonds is 2. The molecule has 0 radical (unpaired) electrons. The second kappa shape index (κ2) is 5.00. The van der Waals surface area contributed by atoms with Crippen molar-refractivity contribution in [2.45, 2.75) is 24.9 Å². The molecule has 1 heterocycles. The van der Waals surface area contributed by atoms with Crippen LogP contribution in [0.4, 0.5) is 0 Å². The van der Waals surface area contributed by atoms with Gasteiger partial charge in [-0.05, 0) is 31.0 Å². The Morgan fingerprint density at radius 3 is 2.44 bits per heavy atom. The molecule has 3 heteroatoms. The summed E-state index contributed by atoms with van der Waals surface area (Å²) in [5.74, 6) is 0. The van der Waals surface area contributed by atoms with Crippen LogP contribution in [0.1, 0.15) is 11.1 Å². The van der Waals surface area contributed by atoms with Crippen LogP contribution >= 0.6 is 0 Å². The molecule has 1 aromatic rings. The molecule has 1 unspecified atom stereocenters. The van der Waals surface area contributed by atoms with Crippen molar-refractivity contribution in [1.29, 1.82) is 0 Å². The van der Waals surface area contributed by atoms with Crippen LogP contribution in [0.15, 0.2) is 24.3 Å². The lowest BCUT2D eigenvalue weighted by Crippen LogP contribution is -2.58. The van der Waals surface area contributed by atoms with Gasteiger partial charge in [0, 0.05) is 38.3 Å². The molecule has 0 aromatic heterocycles. The van der Waals surface area contributed by atoms with Crippen molar-refractivity contribution in [3.05, 3.63) is 35.4 Å². The monoisotopic (exact) mass is 245 g/mol. The highest BCUT2D eigenvalue weighted by atomic mass is 15.3. The number of nitrogens with two attached hydrogens (primary N) is 1. The molecule has 0 amide bonds. The minimum absolute atomic E-state index is 0.531. The number of nitrogens with zero attached hydrogens (tertiary/aromatic N) is 2. The summed E-state index contributed by atoms with van der Waals surface area (Å²) in [6.07, 6.45) is 2.41. The van der Waals surface area contributed by atoms with Gasteiger partial charge in [-0.25, -0.2) is 0 Å². The number of hydrogen-bond donors (Lipinski definition) is 1. The molecule has 1 aromatic carbocycles. The predicted octanol–water partition coefficient (Wildman–Crippen LogP) is 0.728. The molecule has 1 atom stereocenters. The molecule has 3 rings (SSSR count). The van der Waals surface area contributed by atoms with Crippen LogP contribution in [0.3, 0.4) is 0 Å². The van der Waals surface area contributed by atoms with Crippen molar-refractivity contribution >= 4 is 0 Å². The van der Waals surface area contributed by atoms with Gasteiger partial charge < -0.3 is 10.6 Å². The van der Waals surface area contributed by atoms with Crippen molar-refractivity contribution in [3.8, 4) is 0 Å². The van der Waals surface area contributed by atoms with Gasteiger partial charge in [0.1, 0.15) is 0 Å². The summed E-state index contributed by atoms with van der Waals surface area (Å²) < 4.78 is 0. The quantitative estimate of drug-likeness (QED) is 0.834. The van der Waals surface area contributed by atoms with Crippen molar-refractivity contribution in [2.24, 2.45) is 5.73 Å². The Labute approximate surface area is 110 Å². The van der Waals surface area contributed by atoms with Gasteiger partial charge in [-0.3, -0.25) is 4.90 Å². The topological polar surface area (TPSA) is 32.5 Å². The normalized spacial score (nSPS) is 26.4. The maximum Gasteiger partial charge on any atom is 0.0349 e. The lowest BCUT2D eigenvalue weighted by atomic mass is 10.1. The molecule has 3 nitrogen and oxygen atoms in total. The average molecular weight is 245 g/mol. The van der Waals surface area contributed by atoms with E-state index in [9.17, 15) is 0 Å². The lowest BCUT2D eigenvalue weighted by molar-refractivity contribution is 0.0595. The fourth-order valence-electron chi connectivity index (χ4n) is 3.49. The molecule has 1 aliphatic carbocycles. The number of piperazine rings is 1. The summed E-state index contributed by atoms with van der Waals surface area (Å²) in [4.78, 5) is 5.05. The van der Waals surface area contributed by atoms with E-state index in [0.29, 0.717) is 12.1 Å². The fraction of sp³-hybridized carbons (Fsp3) is 0.600. The molecule has 98 valence electrons. The highest BCUT2D eigenvalue weighted by molar-refractivity contribution is 5.33. The van der Waals surface area contributed by atoms with E-state index >= 15 is 0 Å². The van der Waals surface area contributed by atoms with E-state index in [4.69, 9.17) is 5.73 Å². The third-order valence-electron chi connectivity index (χ3n) is 4.50. The van der Waals surface area contributed by atoms with Crippen molar-refractivity contribution in [2.75, 3.05) is 33.2 Å². The maximum absolute atomic E-state index is 5.96. The van der Waals surface area contributed by atoms with E-state index in [2.05, 4.69) is 41.1 Å². The molecule has 0 saturated carbocycles. The highest BCUT2D eigenvalue weighted by Gasteiger charge is 2.33. The summed E-state index contributed by atoms with van der Waals surface area (Å²) in [6.45, 7) is 4.22. The van der Waals surface area contributed by atoms with Gasteiger partial charge in [0.2, 0.25) is 0 Å². The van der Waals surface area contributed by atoms with E-state index < -0.39 is 0 Å². The van der Waals surface area contributed by atoms with Gasteiger partial charge in [0.05, 0.1) is 0 Å². The molecule has 0 bridgehead atoms. The van der Waals surface area contributed by atoms with Crippen LogP contribution in [0.5, 0.6) is 0 Å². The lowest BCUT2D eigenvalue weighted by Gasteiger charge is -2.43. The van der Waals surface area contributed by atoms with Gasteiger partial charge in [0.15, 0.2) is 0 Å². The van der Waals surface area contributed by atoms with Crippen LogP contribution in [-0.4, -0.2) is 55.1 Å². The van der Waals surface area contributed by atoms with Gasteiger partial charge in [-0.1, -0.05) is 24.3 Å². The van der Waals surface area contributed by atoms with E-state index in [-0.39, 0.29) is 0 Å². The van der Waals surface area contributed by atoms with Gasteiger partial charge >= 0.3 is 0 Å². The van der Waals surface area contributed by atoms with Crippen LogP contribution in [-0.2, 0) is 12.8 Å². The smallest absolute Gasteiger partial charge is 0.0349 e. The van der Waals surface area contributed by atoms with E-state index in [0.717, 1.165) is 19.6 Å². The Morgan fingerprint density at radius 1 is 1.17 bits per heavy atom. The number of fused-ring (bicyclic) bond motifs is 1. The molecular formula is C15H23N3. The predicted molar refractivity (Wildman–Crippen MR) is 74.7 cm³/mol. The zero-order chi connectivity index (χ0) is 12.5. The van der Waals surface area contributed by atoms with Crippen LogP contribution in [0.2, 0.25) is 0 Å². The third-order valence-corrected chi connectivity index (χ3v) is 4.50. The average Bonchev–Trinajstić information content (AvgIpc) is 2.82. The number of likely N-dealkylation sites (N-methyl/N-ethyl adjacent to an activating group) is 1. The largest absolute Gasteiger partial charge is 0.329 e. The number of hydrogen-bond acceptors (Lipinski definition) is 3. The minimum atomic E-state index is 0.531. The first-order valence-electron chi connectivity index (χ1n) is 6.99. The van der Waals surface area contributed by atoms with Crippen molar-refractivity contribution < 1.29 is 0 Å². The second-order valence-electron chi connectivity index (χ2n) is 5.72. The first-order chi connectivity index (χ1) is 8.78. The summed E-state index contributed by atoms with van der Waals surface area (Å²) in [6, 6.07) is 10.1. The molecule has 2 N–H and O–H groups in total. The zero-order valence-corrected chi connectivity index (χ0v) is 11.2. The zero-order valence-electron chi connectivity index (χ0n) is 11.2. The molecule has 1 saturated heterocycles. The van der Waals surface area contributed by atoms with Crippen LogP contribution in [0, 0.1) is 0 Å².